The van der Waals surface area contributed by atoms with E-state index >= 15 is 0 Å². The number of allylic oxidation sites excluding steroid dienone is 6. The molecule has 0 aromatic heterocycles. The maximum Gasteiger partial charge on any atom is 0.310 e. The number of carboxylic acid groups (broad SMARTS) is 1. The predicted octanol–water partition coefficient (Wildman–Crippen LogP) is 6.50. The number of aliphatic carboxylic acids is 1. The molecular formula is C25H38O3. The second-order valence-corrected chi connectivity index (χ2v) is 9.26. The fourth-order valence-electron chi connectivity index (χ4n) is 5.41. The summed E-state index contributed by atoms with van der Waals surface area (Å²) in [6.45, 7) is 8.43. The molecule has 0 aromatic rings. The molecule has 0 aliphatic heterocycles. The first kappa shape index (κ1) is 22.6. The van der Waals surface area contributed by atoms with E-state index in [0.717, 1.165) is 57.7 Å². The first-order valence-electron chi connectivity index (χ1n) is 10.9. The van der Waals surface area contributed by atoms with Gasteiger partial charge in [-0.25, -0.2) is 0 Å². The second kappa shape index (κ2) is 10.2. The second-order valence-electron chi connectivity index (χ2n) is 9.26. The number of fused-ring (bicyclic) bond motifs is 2. The van der Waals surface area contributed by atoms with Crippen LogP contribution in [0.1, 0.15) is 85.5 Å². The van der Waals surface area contributed by atoms with Gasteiger partial charge in [0.25, 0.3) is 0 Å². The summed E-state index contributed by atoms with van der Waals surface area (Å²) in [6.07, 6.45) is 15.4. The third-order valence-corrected chi connectivity index (χ3v) is 7.07. The molecule has 0 radical (unpaired) electrons. The lowest BCUT2D eigenvalue weighted by Gasteiger charge is -2.49. The summed E-state index contributed by atoms with van der Waals surface area (Å²) in [5.41, 5.74) is 3.08. The van der Waals surface area contributed by atoms with Gasteiger partial charge in [-0.3, -0.25) is 4.79 Å². The fourth-order valence-corrected chi connectivity index (χ4v) is 5.41. The highest BCUT2D eigenvalue weighted by Crippen LogP contribution is 2.54. The molecule has 2 rings (SSSR count). The van der Waals surface area contributed by atoms with Crippen LogP contribution in [-0.4, -0.2) is 17.4 Å². The van der Waals surface area contributed by atoms with Crippen LogP contribution in [-0.2, 0) is 9.59 Å². The predicted molar refractivity (Wildman–Crippen MR) is 115 cm³/mol. The van der Waals surface area contributed by atoms with E-state index in [1.54, 1.807) is 0 Å². The fraction of sp³-hybridized carbons (Fsp3) is 0.680. The summed E-state index contributed by atoms with van der Waals surface area (Å²) < 4.78 is 0. The highest BCUT2D eigenvalue weighted by molar-refractivity contribution is 5.77. The molecule has 3 heteroatoms. The Morgan fingerprint density at radius 1 is 1.14 bits per heavy atom. The quantitative estimate of drug-likeness (QED) is 0.433. The summed E-state index contributed by atoms with van der Waals surface area (Å²) in [7, 11) is 0. The Morgan fingerprint density at radius 2 is 1.86 bits per heavy atom. The maximum absolute atomic E-state index is 12.8. The zero-order chi connectivity index (χ0) is 20.7. The minimum Gasteiger partial charge on any atom is -0.481 e. The Morgan fingerprint density at radius 3 is 2.50 bits per heavy atom. The molecule has 0 aromatic carbocycles. The van der Waals surface area contributed by atoms with Crippen LogP contribution in [0.3, 0.4) is 0 Å². The van der Waals surface area contributed by atoms with E-state index in [4.69, 9.17) is 0 Å². The van der Waals surface area contributed by atoms with Crippen molar-refractivity contribution >= 4 is 12.3 Å². The van der Waals surface area contributed by atoms with Crippen molar-refractivity contribution in [2.45, 2.75) is 85.5 Å². The molecule has 156 valence electrons. The first-order valence-corrected chi connectivity index (χ1v) is 10.9. The van der Waals surface area contributed by atoms with Crippen molar-refractivity contribution in [3.8, 4) is 0 Å². The summed E-state index contributed by atoms with van der Waals surface area (Å²) in [6, 6.07) is 0. The van der Waals surface area contributed by atoms with E-state index in [0.29, 0.717) is 6.42 Å². The van der Waals surface area contributed by atoms with Crippen LogP contribution in [0.2, 0.25) is 0 Å². The van der Waals surface area contributed by atoms with Gasteiger partial charge < -0.3 is 9.90 Å². The van der Waals surface area contributed by atoms with Crippen LogP contribution in [0, 0.1) is 23.2 Å². The van der Waals surface area contributed by atoms with Crippen LogP contribution in [0.4, 0.5) is 0 Å². The minimum absolute atomic E-state index is 0.0803. The molecule has 1 fully saturated rings. The molecule has 2 aliphatic carbocycles. The van der Waals surface area contributed by atoms with Gasteiger partial charge in [0.1, 0.15) is 6.29 Å². The van der Waals surface area contributed by atoms with Gasteiger partial charge in [-0.05, 0) is 97.3 Å². The van der Waals surface area contributed by atoms with Gasteiger partial charge in [0.05, 0.1) is 5.41 Å². The largest absolute Gasteiger partial charge is 0.481 e. The Bertz CT molecular complexity index is 651. The molecule has 0 spiro atoms. The summed E-state index contributed by atoms with van der Waals surface area (Å²) in [5, 5.41) is 10.5. The number of rotatable bonds is 5. The first-order chi connectivity index (χ1) is 13.3. The van der Waals surface area contributed by atoms with E-state index in [2.05, 4.69) is 45.9 Å². The van der Waals surface area contributed by atoms with Crippen LogP contribution >= 0.6 is 0 Å². The third-order valence-electron chi connectivity index (χ3n) is 7.07. The zero-order valence-electron chi connectivity index (χ0n) is 18.2. The lowest BCUT2D eigenvalue weighted by atomic mass is 9.53. The number of carboxylic acids is 1. The molecule has 0 amide bonds. The van der Waals surface area contributed by atoms with Crippen LogP contribution in [0.25, 0.3) is 0 Å². The smallest absolute Gasteiger partial charge is 0.310 e. The number of hydrogen-bond acceptors (Lipinski definition) is 2. The van der Waals surface area contributed by atoms with E-state index in [1.807, 2.05) is 0 Å². The SMILES string of the molecule is CC(C)=CCC[C@]1(C(=O)O)[C@H]2CC=C(C)CCC=C(C)CC[C@H]1[C@@H](C=O)CC2. The molecule has 0 unspecified atom stereocenters. The molecule has 0 heterocycles. The Kier molecular flexibility index (Phi) is 8.27. The van der Waals surface area contributed by atoms with Crippen molar-refractivity contribution in [3.05, 3.63) is 34.9 Å². The Labute approximate surface area is 171 Å². The Hall–Kier alpha value is -1.64. The molecule has 0 saturated heterocycles. The van der Waals surface area contributed by atoms with Gasteiger partial charge in [-0.1, -0.05) is 34.9 Å². The lowest BCUT2D eigenvalue weighted by molar-refractivity contribution is -0.165. The topological polar surface area (TPSA) is 54.4 Å². The van der Waals surface area contributed by atoms with E-state index in [-0.39, 0.29) is 17.8 Å². The van der Waals surface area contributed by atoms with Gasteiger partial charge in [0.2, 0.25) is 0 Å². The monoisotopic (exact) mass is 386 g/mol. The minimum atomic E-state index is -0.813. The molecule has 4 atom stereocenters. The lowest BCUT2D eigenvalue weighted by Crippen LogP contribution is -2.51. The van der Waals surface area contributed by atoms with Crippen molar-refractivity contribution in [2.75, 3.05) is 0 Å². The summed E-state index contributed by atoms with van der Waals surface area (Å²) >= 11 is 0. The maximum atomic E-state index is 12.8. The molecule has 28 heavy (non-hydrogen) atoms. The van der Waals surface area contributed by atoms with E-state index < -0.39 is 11.4 Å². The number of hydrogen-bond donors (Lipinski definition) is 1. The Balaban J connectivity index is 2.51. The number of aldehydes is 1. The summed E-state index contributed by atoms with van der Waals surface area (Å²) in [4.78, 5) is 24.8. The highest BCUT2D eigenvalue weighted by Gasteiger charge is 2.55. The average Bonchev–Trinajstić information content (AvgIpc) is 2.63. The molecular weight excluding hydrogens is 348 g/mol. The van der Waals surface area contributed by atoms with Gasteiger partial charge in [0, 0.05) is 5.92 Å². The number of carbonyl (C=O) groups excluding carboxylic acids is 1. The van der Waals surface area contributed by atoms with Gasteiger partial charge >= 0.3 is 5.97 Å². The number of carbonyl (C=O) groups is 2. The van der Waals surface area contributed by atoms with Crippen molar-refractivity contribution < 1.29 is 14.7 Å². The summed E-state index contributed by atoms with van der Waals surface area (Å²) in [5.74, 6) is -0.806. The molecule has 3 nitrogen and oxygen atoms in total. The van der Waals surface area contributed by atoms with Gasteiger partial charge in [-0.2, -0.15) is 0 Å². The molecule has 1 N–H and O–H groups in total. The average molecular weight is 387 g/mol. The third kappa shape index (κ3) is 5.24. The van der Waals surface area contributed by atoms with Crippen LogP contribution in [0.15, 0.2) is 34.9 Å². The van der Waals surface area contributed by atoms with Gasteiger partial charge in [-0.15, -0.1) is 0 Å². The van der Waals surface area contributed by atoms with E-state index in [1.165, 1.54) is 16.7 Å². The zero-order valence-corrected chi connectivity index (χ0v) is 18.2. The molecule has 2 aliphatic rings. The standard InChI is InChI=1S/C25H38O3/c1-18(2)7-6-16-25(24(27)28)22-13-10-19(3)8-5-9-20(4)11-15-23(25)21(17-26)12-14-22/h7,9-10,17,21-23H,5-6,8,11-16H2,1-4H3,(H,27,28)/t21-,22+,23+,25+/m1/s1. The van der Waals surface area contributed by atoms with Gasteiger partial charge in [0.15, 0.2) is 0 Å². The van der Waals surface area contributed by atoms with Crippen molar-refractivity contribution in [1.82, 2.24) is 0 Å². The van der Waals surface area contributed by atoms with Crippen molar-refractivity contribution in [1.29, 1.82) is 0 Å². The van der Waals surface area contributed by atoms with E-state index in [9.17, 15) is 14.7 Å². The van der Waals surface area contributed by atoms with Crippen LogP contribution in [0.5, 0.6) is 0 Å². The molecule has 2 bridgehead atoms. The normalized spacial score (nSPS) is 31.5. The highest BCUT2D eigenvalue weighted by atomic mass is 16.4. The van der Waals surface area contributed by atoms with Crippen molar-refractivity contribution in [3.63, 3.8) is 0 Å². The van der Waals surface area contributed by atoms with Crippen molar-refractivity contribution in [2.24, 2.45) is 23.2 Å². The van der Waals surface area contributed by atoms with Crippen LogP contribution < -0.4 is 0 Å². The molecule has 1 saturated carbocycles.